The van der Waals surface area contributed by atoms with Gasteiger partial charge in [0.25, 0.3) is 0 Å². The Labute approximate surface area is 143 Å². The topological polar surface area (TPSA) is 90.3 Å². The molecule has 2 rings (SSSR count). The second-order valence-corrected chi connectivity index (χ2v) is 8.49. The minimum atomic E-state index is -3.55. The number of amides is 1. The molecule has 0 bridgehead atoms. The van der Waals surface area contributed by atoms with Crippen LogP contribution in [0.25, 0.3) is 0 Å². The summed E-state index contributed by atoms with van der Waals surface area (Å²) in [6.07, 6.45) is 2.89. The molecule has 0 heterocycles. The lowest BCUT2D eigenvalue weighted by Gasteiger charge is -2.21. The van der Waals surface area contributed by atoms with Gasteiger partial charge in [-0.15, -0.1) is 0 Å². The van der Waals surface area contributed by atoms with Crippen LogP contribution < -0.4 is 5.32 Å². The molecule has 0 aromatic heterocycles. The number of anilines is 1. The van der Waals surface area contributed by atoms with Crippen molar-refractivity contribution in [3.05, 3.63) is 24.3 Å². The van der Waals surface area contributed by atoms with Crippen LogP contribution in [0.1, 0.15) is 39.5 Å². The van der Waals surface area contributed by atoms with Gasteiger partial charge < -0.3 is 5.32 Å². The molecule has 1 saturated carbocycles. The third-order valence-corrected chi connectivity index (χ3v) is 6.67. The first-order chi connectivity index (χ1) is 11.2. The molecule has 1 aliphatic rings. The maximum absolute atomic E-state index is 12.4. The van der Waals surface area contributed by atoms with Gasteiger partial charge in [-0.05, 0) is 51.0 Å². The average molecular weight is 349 g/mol. The van der Waals surface area contributed by atoms with Crippen molar-refractivity contribution < 1.29 is 13.2 Å². The summed E-state index contributed by atoms with van der Waals surface area (Å²) in [7, 11) is -2.01. The van der Waals surface area contributed by atoms with Crippen molar-refractivity contribution in [2.24, 2.45) is 5.41 Å². The predicted octanol–water partition coefficient (Wildman–Crippen LogP) is 2.74. The third kappa shape index (κ3) is 3.45. The molecule has 6 nitrogen and oxygen atoms in total. The SMILES string of the molecule is CC(C)N(C)S(=O)(=O)c1ccc(NC(=O)C2(C#N)CCCC2)cc1. The van der Waals surface area contributed by atoms with E-state index in [1.807, 2.05) is 0 Å². The number of benzene rings is 1. The van der Waals surface area contributed by atoms with Crippen LogP contribution in [0, 0.1) is 16.7 Å². The van der Waals surface area contributed by atoms with E-state index < -0.39 is 15.4 Å². The first-order valence-electron chi connectivity index (χ1n) is 8.04. The van der Waals surface area contributed by atoms with E-state index in [1.54, 1.807) is 26.0 Å². The van der Waals surface area contributed by atoms with Crippen LogP contribution >= 0.6 is 0 Å². The fourth-order valence-corrected chi connectivity index (χ4v) is 4.14. The highest BCUT2D eigenvalue weighted by Gasteiger charge is 2.41. The highest BCUT2D eigenvalue weighted by molar-refractivity contribution is 7.89. The van der Waals surface area contributed by atoms with Crippen LogP contribution in [0.3, 0.4) is 0 Å². The summed E-state index contributed by atoms with van der Waals surface area (Å²) < 4.78 is 26.1. The molecule has 1 fully saturated rings. The zero-order valence-electron chi connectivity index (χ0n) is 14.2. The average Bonchev–Trinajstić information content (AvgIpc) is 3.04. The normalized spacial score (nSPS) is 17.0. The fourth-order valence-electron chi connectivity index (χ4n) is 2.77. The van der Waals surface area contributed by atoms with Crippen LogP contribution in [0.5, 0.6) is 0 Å². The lowest BCUT2D eigenvalue weighted by molar-refractivity contribution is -0.122. The lowest BCUT2D eigenvalue weighted by atomic mass is 9.87. The van der Waals surface area contributed by atoms with Crippen molar-refractivity contribution in [2.45, 2.75) is 50.5 Å². The number of nitrogens with one attached hydrogen (secondary N) is 1. The van der Waals surface area contributed by atoms with Gasteiger partial charge in [-0.3, -0.25) is 4.79 Å². The third-order valence-electron chi connectivity index (χ3n) is 4.62. The Morgan fingerprint density at radius 1 is 1.25 bits per heavy atom. The molecule has 0 aliphatic heterocycles. The van der Waals surface area contributed by atoms with Gasteiger partial charge in [-0.1, -0.05) is 12.8 Å². The molecule has 1 aromatic carbocycles. The van der Waals surface area contributed by atoms with Crippen LogP contribution in [0.4, 0.5) is 5.69 Å². The molecular formula is C17H23N3O3S. The predicted molar refractivity (Wildman–Crippen MR) is 91.7 cm³/mol. The number of nitriles is 1. The van der Waals surface area contributed by atoms with Crippen molar-refractivity contribution in [1.82, 2.24) is 4.31 Å². The monoisotopic (exact) mass is 349 g/mol. The van der Waals surface area contributed by atoms with E-state index in [9.17, 15) is 18.5 Å². The summed E-state index contributed by atoms with van der Waals surface area (Å²) in [5, 5.41) is 12.1. The first kappa shape index (κ1) is 18.4. The Bertz CT molecular complexity index is 742. The summed E-state index contributed by atoms with van der Waals surface area (Å²) in [6, 6.07) is 8.05. The summed E-state index contributed by atoms with van der Waals surface area (Å²) in [5.74, 6) is -0.308. The van der Waals surface area contributed by atoms with Crippen LogP contribution in [0.15, 0.2) is 29.2 Å². The molecule has 1 aromatic rings. The van der Waals surface area contributed by atoms with Crippen molar-refractivity contribution in [3.8, 4) is 6.07 Å². The highest BCUT2D eigenvalue weighted by atomic mass is 32.2. The van der Waals surface area contributed by atoms with Crippen LogP contribution in [-0.4, -0.2) is 31.7 Å². The molecule has 24 heavy (non-hydrogen) atoms. The Kier molecular flexibility index (Phi) is 5.31. The number of hydrogen-bond donors (Lipinski definition) is 1. The smallest absolute Gasteiger partial charge is 0.244 e. The molecule has 7 heteroatoms. The second kappa shape index (κ2) is 6.91. The molecule has 1 aliphatic carbocycles. The maximum Gasteiger partial charge on any atom is 0.244 e. The van der Waals surface area contributed by atoms with E-state index in [1.165, 1.54) is 23.5 Å². The first-order valence-corrected chi connectivity index (χ1v) is 9.48. The Morgan fingerprint density at radius 2 is 1.79 bits per heavy atom. The standard InChI is InChI=1S/C17H23N3O3S/c1-13(2)20(3)24(22,23)15-8-6-14(7-9-15)19-16(21)17(12-18)10-4-5-11-17/h6-9,13H,4-5,10-11H2,1-3H3,(H,19,21). The number of sulfonamides is 1. The maximum atomic E-state index is 12.4. The minimum Gasteiger partial charge on any atom is -0.325 e. The van der Waals surface area contributed by atoms with Gasteiger partial charge in [0.15, 0.2) is 0 Å². The highest BCUT2D eigenvalue weighted by Crippen LogP contribution is 2.38. The van der Waals surface area contributed by atoms with Crippen molar-refractivity contribution in [3.63, 3.8) is 0 Å². The van der Waals surface area contributed by atoms with Crippen molar-refractivity contribution in [1.29, 1.82) is 5.26 Å². The number of hydrogen-bond acceptors (Lipinski definition) is 4. The Balaban J connectivity index is 2.16. The zero-order chi connectivity index (χ0) is 18.0. The van der Waals surface area contributed by atoms with E-state index in [4.69, 9.17) is 0 Å². The Morgan fingerprint density at radius 3 is 2.25 bits per heavy atom. The van der Waals surface area contributed by atoms with Gasteiger partial charge in [0.05, 0.1) is 11.0 Å². The Hall–Kier alpha value is -1.91. The minimum absolute atomic E-state index is 0.146. The largest absolute Gasteiger partial charge is 0.325 e. The lowest BCUT2D eigenvalue weighted by Crippen LogP contribution is -2.33. The second-order valence-electron chi connectivity index (χ2n) is 6.49. The van der Waals surface area contributed by atoms with Crippen molar-refractivity contribution in [2.75, 3.05) is 12.4 Å². The van der Waals surface area contributed by atoms with Gasteiger partial charge >= 0.3 is 0 Å². The van der Waals surface area contributed by atoms with Crippen LogP contribution in [0.2, 0.25) is 0 Å². The number of carbonyl (C=O) groups excluding carboxylic acids is 1. The summed E-state index contributed by atoms with van der Waals surface area (Å²) >= 11 is 0. The quantitative estimate of drug-likeness (QED) is 0.885. The summed E-state index contributed by atoms with van der Waals surface area (Å²) in [5.41, 5.74) is -0.463. The van der Waals surface area contributed by atoms with Gasteiger partial charge in [-0.25, -0.2) is 8.42 Å². The van der Waals surface area contributed by atoms with Gasteiger partial charge in [0.2, 0.25) is 15.9 Å². The number of carbonyl (C=O) groups is 1. The van der Waals surface area contributed by atoms with E-state index in [0.717, 1.165) is 12.8 Å². The number of rotatable bonds is 5. The summed E-state index contributed by atoms with van der Waals surface area (Å²) in [6.45, 7) is 3.60. The molecule has 0 radical (unpaired) electrons. The molecule has 0 atom stereocenters. The molecule has 1 amide bonds. The van der Waals surface area contributed by atoms with E-state index in [2.05, 4.69) is 11.4 Å². The molecule has 130 valence electrons. The molecular weight excluding hydrogens is 326 g/mol. The van der Waals surface area contributed by atoms with E-state index in [-0.39, 0.29) is 16.8 Å². The fraction of sp³-hybridized carbons (Fsp3) is 0.529. The summed E-state index contributed by atoms with van der Waals surface area (Å²) in [4.78, 5) is 12.6. The molecule has 0 saturated heterocycles. The van der Waals surface area contributed by atoms with E-state index >= 15 is 0 Å². The van der Waals surface area contributed by atoms with Gasteiger partial charge in [0, 0.05) is 18.8 Å². The van der Waals surface area contributed by atoms with Crippen molar-refractivity contribution >= 4 is 21.6 Å². The van der Waals surface area contributed by atoms with Gasteiger partial charge in [-0.2, -0.15) is 9.57 Å². The molecule has 0 unspecified atom stereocenters. The molecule has 1 N–H and O–H groups in total. The molecule has 0 spiro atoms. The van der Waals surface area contributed by atoms with Gasteiger partial charge in [0.1, 0.15) is 5.41 Å². The number of nitrogens with zero attached hydrogens (tertiary/aromatic N) is 2. The zero-order valence-corrected chi connectivity index (χ0v) is 15.1. The van der Waals surface area contributed by atoms with E-state index in [0.29, 0.717) is 18.5 Å². The van der Waals surface area contributed by atoms with Crippen LogP contribution in [-0.2, 0) is 14.8 Å².